The Balaban J connectivity index is 2.36. The van der Waals surface area contributed by atoms with Crippen LogP contribution in [0, 0.1) is 5.82 Å². The smallest absolute Gasteiger partial charge is 0.280 e. The minimum absolute atomic E-state index is 0.0938. The highest BCUT2D eigenvalue weighted by Crippen LogP contribution is 2.35. The molecule has 184 valence electrons. The van der Waals surface area contributed by atoms with Gasteiger partial charge in [0, 0.05) is 40.6 Å². The number of allylic oxidation sites excluding steroid dienone is 3. The van der Waals surface area contributed by atoms with E-state index in [9.17, 15) is 18.2 Å². The molecule has 2 amide bonds. The number of halogens is 1. The van der Waals surface area contributed by atoms with E-state index in [1.165, 1.54) is 18.5 Å². The maximum absolute atomic E-state index is 14.7. The van der Waals surface area contributed by atoms with Gasteiger partial charge in [0.2, 0.25) is 6.41 Å². The van der Waals surface area contributed by atoms with Crippen LogP contribution in [0.4, 0.5) is 4.39 Å². The Morgan fingerprint density at radius 3 is 2.63 bits per heavy atom. The van der Waals surface area contributed by atoms with Crippen LogP contribution in [0.25, 0.3) is 16.5 Å². The van der Waals surface area contributed by atoms with Crippen LogP contribution in [0.3, 0.4) is 0 Å². The fraction of sp³-hybridized carbons (Fsp3) is 0.231. The van der Waals surface area contributed by atoms with Gasteiger partial charge in [-0.2, -0.15) is 0 Å². The maximum atomic E-state index is 14.7. The maximum Gasteiger partial charge on any atom is 0.280 e. The predicted octanol–water partition coefficient (Wildman–Crippen LogP) is 4.01. The monoisotopic (exact) mass is 514 g/mol. The van der Waals surface area contributed by atoms with Crippen LogP contribution in [-0.2, 0) is 35.0 Å². The molecule has 1 heterocycles. The van der Waals surface area contributed by atoms with E-state index in [1.54, 1.807) is 28.9 Å². The second-order valence-electron chi connectivity index (χ2n) is 8.43. The number of hydrogen-bond acceptors (Lipinski definition) is 3. The molecule has 0 fully saturated rings. The van der Waals surface area contributed by atoms with Crippen LogP contribution in [0.1, 0.15) is 53.9 Å². The number of nitrogens with zero attached hydrogens (tertiary/aromatic N) is 1. The third kappa shape index (κ3) is 6.10. The fourth-order valence-electron chi connectivity index (χ4n) is 3.95. The average Bonchev–Trinajstić information content (AvgIpc) is 3.12. The number of carbonyl (C=O) groups excluding carboxylic acids is 2. The summed E-state index contributed by atoms with van der Waals surface area (Å²) < 4.78 is 30.9. The highest BCUT2D eigenvalue weighted by atomic mass is 32.2. The predicted molar refractivity (Wildman–Crippen MR) is 143 cm³/mol. The number of benzene rings is 2. The normalized spacial score (nSPS) is 12.9. The molecule has 35 heavy (non-hydrogen) atoms. The average molecular weight is 515 g/mol. The summed E-state index contributed by atoms with van der Waals surface area (Å²) in [6.07, 6.45) is 6.85. The van der Waals surface area contributed by atoms with Gasteiger partial charge in [-0.25, -0.2) is 8.60 Å². The lowest BCUT2D eigenvalue weighted by Crippen LogP contribution is -2.28. The molecular formula is C26H29FN3O3S2+. The summed E-state index contributed by atoms with van der Waals surface area (Å²) in [4.78, 5) is 24.7. The number of amides is 2. The number of nitrogens with one attached hydrogen (secondary N) is 2. The lowest BCUT2D eigenvalue weighted by Gasteiger charge is -2.13. The van der Waals surface area contributed by atoms with Crippen LogP contribution in [0.15, 0.2) is 59.6 Å². The molecule has 3 aromatic rings. The Bertz CT molecular complexity index is 1360. The van der Waals surface area contributed by atoms with Crippen molar-refractivity contribution in [2.75, 3.05) is 6.26 Å². The van der Waals surface area contributed by atoms with Crippen LogP contribution >= 0.6 is 0 Å². The molecule has 0 aliphatic rings. The number of fused-ring (bicyclic) bond motifs is 1. The molecule has 0 aliphatic carbocycles. The Labute approximate surface area is 212 Å². The Morgan fingerprint density at radius 2 is 1.97 bits per heavy atom. The van der Waals surface area contributed by atoms with E-state index in [-0.39, 0.29) is 18.2 Å². The van der Waals surface area contributed by atoms with E-state index >= 15 is 0 Å². The summed E-state index contributed by atoms with van der Waals surface area (Å²) in [7, 11) is -1.60. The van der Waals surface area contributed by atoms with Crippen molar-refractivity contribution < 1.29 is 18.2 Å². The van der Waals surface area contributed by atoms with Gasteiger partial charge < -0.3 is 9.88 Å². The molecule has 0 aliphatic heterocycles. The third-order valence-corrected chi connectivity index (χ3v) is 6.36. The van der Waals surface area contributed by atoms with Gasteiger partial charge in [-0.15, -0.1) is 0 Å². The van der Waals surface area contributed by atoms with Crippen molar-refractivity contribution >= 4 is 52.4 Å². The van der Waals surface area contributed by atoms with E-state index < -0.39 is 22.7 Å². The van der Waals surface area contributed by atoms with E-state index in [4.69, 9.17) is 0 Å². The molecule has 9 heteroatoms. The molecule has 1 unspecified atom stereocenters. The highest BCUT2D eigenvalue weighted by molar-refractivity contribution is 7.82. The van der Waals surface area contributed by atoms with Crippen LogP contribution in [0.2, 0.25) is 0 Å². The lowest BCUT2D eigenvalue weighted by atomic mass is 9.97. The highest BCUT2D eigenvalue weighted by Gasteiger charge is 2.25. The van der Waals surface area contributed by atoms with E-state index in [1.807, 2.05) is 25.1 Å². The molecule has 1 atom stereocenters. The second kappa shape index (κ2) is 11.5. The first-order valence-electron chi connectivity index (χ1n) is 11.0. The lowest BCUT2D eigenvalue weighted by molar-refractivity contribution is -0.108. The van der Waals surface area contributed by atoms with Gasteiger partial charge >= 0.3 is 0 Å². The Hall–Kier alpha value is -3.17. The van der Waals surface area contributed by atoms with Crippen molar-refractivity contribution in [3.63, 3.8) is 0 Å². The zero-order valence-corrected chi connectivity index (χ0v) is 21.8. The topological polar surface area (TPSA) is 80.2 Å². The number of hydrogen-bond donors (Lipinski definition) is 2. The first kappa shape index (κ1) is 26.4. The molecule has 2 aromatic carbocycles. The van der Waals surface area contributed by atoms with Crippen LogP contribution in [-0.4, -0.2) is 27.3 Å². The first-order chi connectivity index (χ1) is 16.6. The quantitative estimate of drug-likeness (QED) is 0.257. The van der Waals surface area contributed by atoms with Gasteiger partial charge in [0.15, 0.2) is 4.90 Å². The summed E-state index contributed by atoms with van der Waals surface area (Å²) in [5.74, 6) is -0.671. The molecule has 2 N–H and O–H groups in total. The minimum Gasteiger partial charge on any atom is -0.335 e. The van der Waals surface area contributed by atoms with Crippen LogP contribution in [0.5, 0.6) is 0 Å². The molecule has 1 aromatic heterocycles. The molecular weight excluding hydrogens is 485 g/mol. The largest absolute Gasteiger partial charge is 0.335 e. The SMILES string of the molecule is C/C(=C\C=C/NC=O)c1c(C(=O)NS(C)=O)n(Cc2cc([SH2+])ccc2F)c2ccc(C(C)C)cc12. The standard InChI is InChI=1S/C26H28FN3O3S2/c1-16(2)18-7-10-23-21(13-18)24(17(3)6-5-11-28-15-31)25(26(32)29-35(4)33)30(23)14-19-12-20(34)8-9-22(19)27/h5-13,15-16,34H,14H2,1-4H3,(H,28,31)(H,29,32)/p+1/b11-5-,17-6+. The molecule has 0 spiro atoms. The van der Waals surface area contributed by atoms with Crippen LogP contribution < -0.4 is 10.0 Å². The van der Waals surface area contributed by atoms with Gasteiger partial charge in [0.25, 0.3) is 5.91 Å². The van der Waals surface area contributed by atoms with Crippen molar-refractivity contribution in [3.8, 4) is 0 Å². The van der Waals surface area contributed by atoms with Gasteiger partial charge in [0.05, 0.1) is 6.54 Å². The number of rotatable bonds is 9. The summed E-state index contributed by atoms with van der Waals surface area (Å²) in [6, 6.07) is 10.6. The fourth-order valence-corrected chi connectivity index (χ4v) is 4.56. The number of carbonyl (C=O) groups is 2. The van der Waals surface area contributed by atoms with Gasteiger partial charge in [-0.1, -0.05) is 26.0 Å². The summed E-state index contributed by atoms with van der Waals surface area (Å²) >= 11 is 3.45. The molecule has 6 nitrogen and oxygen atoms in total. The summed E-state index contributed by atoms with van der Waals surface area (Å²) in [5, 5.41) is 3.28. The van der Waals surface area contributed by atoms with Gasteiger partial charge in [0.1, 0.15) is 22.5 Å². The van der Waals surface area contributed by atoms with Crippen molar-refractivity contribution in [2.45, 2.75) is 38.1 Å². The van der Waals surface area contributed by atoms with Crippen molar-refractivity contribution in [2.24, 2.45) is 0 Å². The van der Waals surface area contributed by atoms with E-state index in [0.717, 1.165) is 22.0 Å². The molecule has 0 saturated heterocycles. The first-order valence-corrected chi connectivity index (χ1v) is 13.0. The molecule has 0 bridgehead atoms. The van der Waals surface area contributed by atoms with E-state index in [2.05, 4.69) is 36.5 Å². The summed E-state index contributed by atoms with van der Waals surface area (Å²) in [6.45, 7) is 6.11. The second-order valence-corrected chi connectivity index (χ2v) is 10.1. The Kier molecular flexibility index (Phi) is 8.69. The van der Waals surface area contributed by atoms with E-state index in [0.29, 0.717) is 22.4 Å². The van der Waals surface area contributed by atoms with Gasteiger partial charge in [-0.3, -0.25) is 14.3 Å². The third-order valence-electron chi connectivity index (χ3n) is 5.58. The van der Waals surface area contributed by atoms with Crippen molar-refractivity contribution in [1.29, 1.82) is 0 Å². The zero-order valence-electron chi connectivity index (χ0n) is 20.0. The Morgan fingerprint density at radius 1 is 1.23 bits per heavy atom. The van der Waals surface area contributed by atoms with Gasteiger partial charge in [-0.05, 0) is 66.9 Å². The zero-order chi connectivity index (χ0) is 25.7. The van der Waals surface area contributed by atoms with Crippen molar-refractivity contribution in [3.05, 3.63) is 83.0 Å². The molecule has 0 saturated carbocycles. The molecule has 0 radical (unpaired) electrons. The minimum atomic E-state index is -1.60. The summed E-state index contributed by atoms with van der Waals surface area (Å²) in [5.41, 5.74) is 3.91. The molecule has 3 rings (SSSR count). The number of aromatic nitrogens is 1. The van der Waals surface area contributed by atoms with Crippen molar-refractivity contribution in [1.82, 2.24) is 14.6 Å².